The average molecular weight is 439 g/mol. The molecule has 154 valence electrons. The first-order chi connectivity index (χ1) is 14.7. The quantitative estimate of drug-likeness (QED) is 0.676. The van der Waals surface area contributed by atoms with Crippen molar-refractivity contribution < 1.29 is 9.59 Å². The molecule has 6 nitrogen and oxygen atoms in total. The van der Waals surface area contributed by atoms with E-state index >= 15 is 0 Å². The van der Waals surface area contributed by atoms with E-state index in [1.54, 1.807) is 11.3 Å². The minimum Gasteiger partial charge on any atom is -0.340 e. The first-order valence-corrected chi connectivity index (χ1v) is 11.8. The fourth-order valence-electron chi connectivity index (χ4n) is 3.85. The largest absolute Gasteiger partial charge is 0.340 e. The number of rotatable bonds is 4. The summed E-state index contributed by atoms with van der Waals surface area (Å²) in [6, 6.07) is 15.9. The van der Waals surface area contributed by atoms with Crippen LogP contribution in [0.25, 0.3) is 10.2 Å². The van der Waals surface area contributed by atoms with Crippen molar-refractivity contribution in [2.24, 2.45) is 0 Å². The Morgan fingerprint density at radius 3 is 2.67 bits per heavy atom. The number of hydrogen-bond donors (Lipinski definition) is 1. The van der Waals surface area contributed by atoms with Gasteiger partial charge in [0.25, 0.3) is 0 Å². The van der Waals surface area contributed by atoms with E-state index in [1.807, 2.05) is 47.4 Å². The predicted molar refractivity (Wildman–Crippen MR) is 121 cm³/mol. The van der Waals surface area contributed by atoms with Gasteiger partial charge in [-0.3, -0.25) is 14.5 Å². The van der Waals surface area contributed by atoms with Crippen LogP contribution in [0, 0.1) is 0 Å². The lowest BCUT2D eigenvalue weighted by atomic mass is 10.2. The number of piperazine rings is 1. The molecule has 0 saturated carbocycles. The standard InChI is InChI=1S/C22H22N4O2S2/c27-21(13-19-22(28)24-16-6-2-3-7-17(16)29-19)26-11-9-25(10-12-26)14-20-23-15-5-1-4-8-18(15)30-20/h1-8,19H,9-14H2,(H,24,28)/t19-/m1/s1. The number of thiazole rings is 1. The van der Waals surface area contributed by atoms with Crippen LogP contribution in [0.15, 0.2) is 53.4 Å². The molecule has 2 aliphatic rings. The molecular weight excluding hydrogens is 416 g/mol. The van der Waals surface area contributed by atoms with Gasteiger partial charge in [0.05, 0.1) is 27.7 Å². The molecule has 1 N–H and O–H groups in total. The van der Waals surface area contributed by atoms with Gasteiger partial charge in [0, 0.05) is 37.5 Å². The summed E-state index contributed by atoms with van der Waals surface area (Å²) >= 11 is 3.22. The number of carbonyl (C=O) groups excluding carboxylic acids is 2. The Bertz CT molecular complexity index is 1060. The summed E-state index contributed by atoms with van der Waals surface area (Å²) in [4.78, 5) is 35.2. The zero-order chi connectivity index (χ0) is 20.5. The molecular formula is C22H22N4O2S2. The van der Waals surface area contributed by atoms with Gasteiger partial charge in [-0.25, -0.2) is 4.98 Å². The van der Waals surface area contributed by atoms with Gasteiger partial charge in [0.15, 0.2) is 0 Å². The molecule has 30 heavy (non-hydrogen) atoms. The highest BCUT2D eigenvalue weighted by Crippen LogP contribution is 2.36. The second kappa shape index (κ2) is 8.37. The Balaban J connectivity index is 1.15. The van der Waals surface area contributed by atoms with E-state index in [4.69, 9.17) is 4.98 Å². The van der Waals surface area contributed by atoms with Gasteiger partial charge in [-0.2, -0.15) is 0 Å². The van der Waals surface area contributed by atoms with E-state index in [0.717, 1.165) is 40.7 Å². The second-order valence-electron chi connectivity index (χ2n) is 7.53. The van der Waals surface area contributed by atoms with E-state index in [0.29, 0.717) is 13.1 Å². The molecule has 2 amide bonds. The maximum absolute atomic E-state index is 12.8. The van der Waals surface area contributed by atoms with Crippen molar-refractivity contribution in [1.29, 1.82) is 0 Å². The van der Waals surface area contributed by atoms with E-state index < -0.39 is 0 Å². The van der Waals surface area contributed by atoms with Crippen LogP contribution >= 0.6 is 23.1 Å². The van der Waals surface area contributed by atoms with E-state index in [1.165, 1.54) is 16.5 Å². The van der Waals surface area contributed by atoms with Gasteiger partial charge >= 0.3 is 0 Å². The predicted octanol–water partition coefficient (Wildman–Crippen LogP) is 3.44. The first-order valence-electron chi connectivity index (χ1n) is 10.1. The molecule has 3 aromatic rings. The number of carbonyl (C=O) groups is 2. The van der Waals surface area contributed by atoms with Crippen molar-refractivity contribution >= 4 is 50.8 Å². The van der Waals surface area contributed by atoms with Crippen molar-refractivity contribution in [1.82, 2.24) is 14.8 Å². The van der Waals surface area contributed by atoms with Crippen LogP contribution in [0.5, 0.6) is 0 Å². The topological polar surface area (TPSA) is 65.5 Å². The lowest BCUT2D eigenvalue weighted by molar-refractivity contribution is -0.134. The van der Waals surface area contributed by atoms with Crippen molar-refractivity contribution in [3.8, 4) is 0 Å². The number of nitrogens with one attached hydrogen (secondary N) is 1. The van der Waals surface area contributed by atoms with Gasteiger partial charge in [-0.05, 0) is 24.3 Å². The van der Waals surface area contributed by atoms with E-state index in [2.05, 4.69) is 16.3 Å². The third-order valence-corrected chi connectivity index (χ3v) is 7.78. The van der Waals surface area contributed by atoms with Crippen LogP contribution < -0.4 is 5.32 Å². The SMILES string of the molecule is O=C1Nc2ccccc2S[C@@H]1CC(=O)N1CCN(Cc2nc3ccccc3s2)CC1. The van der Waals surface area contributed by atoms with Crippen LogP contribution in [0.4, 0.5) is 5.69 Å². The van der Waals surface area contributed by atoms with Crippen LogP contribution in [-0.4, -0.2) is 58.0 Å². The minimum atomic E-state index is -0.367. The third-order valence-electron chi connectivity index (χ3n) is 5.49. The molecule has 8 heteroatoms. The molecule has 1 fully saturated rings. The van der Waals surface area contributed by atoms with Gasteiger partial charge in [-0.1, -0.05) is 24.3 Å². The number of anilines is 1. The molecule has 2 aliphatic heterocycles. The molecule has 3 heterocycles. The number of nitrogens with zero attached hydrogens (tertiary/aromatic N) is 3. The Hall–Kier alpha value is -2.42. The molecule has 5 rings (SSSR count). The third kappa shape index (κ3) is 4.08. The van der Waals surface area contributed by atoms with Gasteiger partial charge in [0.2, 0.25) is 11.8 Å². The lowest BCUT2D eigenvalue weighted by Crippen LogP contribution is -2.49. The number of thioether (sulfide) groups is 1. The summed E-state index contributed by atoms with van der Waals surface area (Å²) in [7, 11) is 0. The highest BCUT2D eigenvalue weighted by Gasteiger charge is 2.31. The molecule has 0 spiro atoms. The first kappa shape index (κ1) is 19.5. The monoisotopic (exact) mass is 438 g/mol. The number of fused-ring (bicyclic) bond motifs is 2. The molecule has 1 atom stereocenters. The zero-order valence-corrected chi connectivity index (χ0v) is 18.0. The fourth-order valence-corrected chi connectivity index (χ4v) is 5.96. The zero-order valence-electron chi connectivity index (χ0n) is 16.4. The van der Waals surface area contributed by atoms with E-state index in [-0.39, 0.29) is 23.5 Å². The molecule has 2 aromatic carbocycles. The number of benzene rings is 2. The normalized spacial score (nSPS) is 19.5. The van der Waals surface area contributed by atoms with Crippen LogP contribution in [-0.2, 0) is 16.1 Å². The average Bonchev–Trinajstić information content (AvgIpc) is 3.17. The maximum atomic E-state index is 12.8. The summed E-state index contributed by atoms with van der Waals surface area (Å²) in [6.45, 7) is 3.86. The van der Waals surface area contributed by atoms with Crippen molar-refractivity contribution in [3.63, 3.8) is 0 Å². The molecule has 0 aliphatic carbocycles. The summed E-state index contributed by atoms with van der Waals surface area (Å²) in [5, 5.41) is 3.67. The van der Waals surface area contributed by atoms with Crippen molar-refractivity contribution in [2.45, 2.75) is 23.1 Å². The highest BCUT2D eigenvalue weighted by atomic mass is 32.2. The molecule has 0 bridgehead atoms. The molecule has 1 saturated heterocycles. The highest BCUT2D eigenvalue weighted by molar-refractivity contribution is 8.01. The number of hydrogen-bond acceptors (Lipinski definition) is 6. The van der Waals surface area contributed by atoms with Gasteiger partial charge in [0.1, 0.15) is 5.01 Å². The minimum absolute atomic E-state index is 0.0571. The Morgan fingerprint density at radius 1 is 1.07 bits per heavy atom. The summed E-state index contributed by atoms with van der Waals surface area (Å²) in [6.07, 6.45) is 0.239. The molecule has 0 radical (unpaired) electrons. The van der Waals surface area contributed by atoms with Crippen LogP contribution in [0.1, 0.15) is 11.4 Å². The van der Waals surface area contributed by atoms with Crippen molar-refractivity contribution in [2.75, 3.05) is 31.5 Å². The summed E-state index contributed by atoms with van der Waals surface area (Å²) < 4.78 is 1.21. The molecule has 0 unspecified atom stereocenters. The van der Waals surface area contributed by atoms with Crippen molar-refractivity contribution in [3.05, 3.63) is 53.5 Å². The summed E-state index contributed by atoms with van der Waals surface area (Å²) in [5.74, 6) is -0.0248. The van der Waals surface area contributed by atoms with Gasteiger partial charge < -0.3 is 10.2 Å². The second-order valence-corrected chi connectivity index (χ2v) is 9.89. The number of para-hydroxylation sites is 2. The fraction of sp³-hybridized carbons (Fsp3) is 0.318. The Labute approximate surface area is 183 Å². The van der Waals surface area contributed by atoms with E-state index in [9.17, 15) is 9.59 Å². The van der Waals surface area contributed by atoms with Crippen LogP contribution in [0.3, 0.4) is 0 Å². The van der Waals surface area contributed by atoms with Crippen LogP contribution in [0.2, 0.25) is 0 Å². The van der Waals surface area contributed by atoms with Gasteiger partial charge in [-0.15, -0.1) is 23.1 Å². The Morgan fingerprint density at radius 2 is 1.83 bits per heavy atom. The number of amides is 2. The smallest absolute Gasteiger partial charge is 0.238 e. The maximum Gasteiger partial charge on any atom is 0.238 e. The summed E-state index contributed by atoms with van der Waals surface area (Å²) in [5.41, 5.74) is 1.89. The number of aromatic nitrogens is 1. The lowest BCUT2D eigenvalue weighted by Gasteiger charge is -2.35. The Kier molecular flexibility index (Phi) is 5.45. The molecule has 1 aromatic heterocycles.